The molecule has 0 unspecified atom stereocenters. The van der Waals surface area contributed by atoms with E-state index in [-0.39, 0.29) is 11.7 Å². The molecule has 0 saturated carbocycles. The fourth-order valence-corrected chi connectivity index (χ4v) is 2.06. The van der Waals surface area contributed by atoms with Gasteiger partial charge in [0.25, 0.3) is 5.91 Å². The molecule has 114 valence electrons. The van der Waals surface area contributed by atoms with Crippen molar-refractivity contribution in [3.05, 3.63) is 66.2 Å². The number of hydrogen-bond acceptors (Lipinski definition) is 4. The number of hydrogen-bond donors (Lipinski definition) is 2. The van der Waals surface area contributed by atoms with E-state index < -0.39 is 0 Å². The molecule has 3 aromatic rings. The van der Waals surface area contributed by atoms with E-state index in [1.165, 1.54) is 19.2 Å². The first-order chi connectivity index (χ1) is 11.1. The van der Waals surface area contributed by atoms with E-state index in [0.717, 1.165) is 5.56 Å². The molecular weight excluding hydrogens is 292 g/mol. The van der Waals surface area contributed by atoms with Gasteiger partial charge in [0, 0.05) is 17.3 Å². The van der Waals surface area contributed by atoms with E-state index >= 15 is 0 Å². The summed E-state index contributed by atoms with van der Waals surface area (Å²) >= 11 is 0. The van der Waals surface area contributed by atoms with Crippen LogP contribution < -0.4 is 5.32 Å². The zero-order valence-electron chi connectivity index (χ0n) is 12.4. The second kappa shape index (κ2) is 6.23. The van der Waals surface area contributed by atoms with Gasteiger partial charge in [-0.15, -0.1) is 0 Å². The van der Waals surface area contributed by atoms with Crippen LogP contribution in [-0.2, 0) is 0 Å². The van der Waals surface area contributed by atoms with E-state index in [9.17, 15) is 9.59 Å². The minimum Gasteiger partial charge on any atom is -0.356 e. The average Bonchev–Trinajstić information content (AvgIpc) is 3.07. The highest BCUT2D eigenvalue weighted by Crippen LogP contribution is 2.15. The van der Waals surface area contributed by atoms with Crippen molar-refractivity contribution >= 4 is 17.4 Å². The van der Waals surface area contributed by atoms with Gasteiger partial charge in [0.15, 0.2) is 11.6 Å². The minimum absolute atomic E-state index is 0.101. The van der Waals surface area contributed by atoms with Crippen molar-refractivity contribution in [2.24, 2.45) is 0 Å². The molecule has 2 N–H and O–H groups in total. The molecule has 1 aromatic carbocycles. The van der Waals surface area contributed by atoms with Gasteiger partial charge in [0.2, 0.25) is 0 Å². The van der Waals surface area contributed by atoms with E-state index in [1.807, 2.05) is 30.3 Å². The molecular formula is C17H14N4O2. The van der Waals surface area contributed by atoms with Gasteiger partial charge in [0.1, 0.15) is 5.69 Å². The Bertz CT molecular complexity index is 839. The van der Waals surface area contributed by atoms with Crippen molar-refractivity contribution in [1.82, 2.24) is 15.0 Å². The first kappa shape index (κ1) is 14.6. The number of aromatic amines is 1. The number of H-pyrrole nitrogens is 1. The lowest BCUT2D eigenvalue weighted by Crippen LogP contribution is -2.12. The highest BCUT2D eigenvalue weighted by molar-refractivity contribution is 6.05. The molecule has 6 heteroatoms. The maximum atomic E-state index is 12.1. The smallest absolute Gasteiger partial charge is 0.272 e. The van der Waals surface area contributed by atoms with Crippen LogP contribution >= 0.6 is 0 Å². The summed E-state index contributed by atoms with van der Waals surface area (Å²) in [4.78, 5) is 34.6. The van der Waals surface area contributed by atoms with Crippen LogP contribution in [0.25, 0.3) is 11.4 Å². The number of nitrogens with zero attached hydrogens (tertiary/aromatic N) is 2. The summed E-state index contributed by atoms with van der Waals surface area (Å²) < 4.78 is 0. The highest BCUT2D eigenvalue weighted by Gasteiger charge is 2.11. The summed E-state index contributed by atoms with van der Waals surface area (Å²) in [7, 11) is 0. The Balaban J connectivity index is 1.72. The number of rotatable bonds is 4. The zero-order valence-corrected chi connectivity index (χ0v) is 12.4. The summed E-state index contributed by atoms with van der Waals surface area (Å²) in [5.74, 6) is 0.131. The molecule has 0 aliphatic carbocycles. The van der Waals surface area contributed by atoms with Crippen LogP contribution in [0.2, 0.25) is 0 Å². The van der Waals surface area contributed by atoms with Crippen molar-refractivity contribution in [2.45, 2.75) is 6.92 Å². The maximum absolute atomic E-state index is 12.1. The lowest BCUT2D eigenvalue weighted by molar-refractivity contribution is 0.101. The molecule has 23 heavy (non-hydrogen) atoms. The van der Waals surface area contributed by atoms with Crippen molar-refractivity contribution < 1.29 is 9.59 Å². The Morgan fingerprint density at radius 1 is 1.09 bits per heavy atom. The number of aromatic nitrogens is 3. The normalized spacial score (nSPS) is 10.3. The van der Waals surface area contributed by atoms with Crippen molar-refractivity contribution in [3.63, 3.8) is 0 Å². The monoisotopic (exact) mass is 306 g/mol. The summed E-state index contributed by atoms with van der Waals surface area (Å²) in [6.07, 6.45) is 4.59. The number of nitrogens with one attached hydrogen (secondary N) is 2. The van der Waals surface area contributed by atoms with Crippen LogP contribution in [0.5, 0.6) is 0 Å². The van der Waals surface area contributed by atoms with Crippen molar-refractivity contribution in [1.29, 1.82) is 0 Å². The first-order valence-electron chi connectivity index (χ1n) is 7.01. The minimum atomic E-state index is -0.353. The van der Waals surface area contributed by atoms with Gasteiger partial charge >= 0.3 is 0 Å². The van der Waals surface area contributed by atoms with E-state index in [4.69, 9.17) is 0 Å². The molecule has 2 heterocycles. The van der Waals surface area contributed by atoms with Gasteiger partial charge in [0.05, 0.1) is 18.1 Å². The van der Waals surface area contributed by atoms with Gasteiger partial charge in [-0.3, -0.25) is 9.59 Å². The Labute approximate surface area is 132 Å². The van der Waals surface area contributed by atoms with Crippen LogP contribution in [0.4, 0.5) is 5.69 Å². The number of carbonyl (C=O) groups is 2. The van der Waals surface area contributed by atoms with E-state index in [0.29, 0.717) is 22.8 Å². The fraction of sp³-hybridized carbons (Fsp3) is 0.0588. The average molecular weight is 306 g/mol. The zero-order chi connectivity index (χ0) is 16.2. The lowest BCUT2D eigenvalue weighted by atomic mass is 10.2. The van der Waals surface area contributed by atoms with E-state index in [1.54, 1.807) is 12.4 Å². The molecule has 2 aromatic heterocycles. The van der Waals surface area contributed by atoms with Crippen LogP contribution in [-0.4, -0.2) is 26.6 Å². The predicted octanol–water partition coefficient (Wildman–Crippen LogP) is 2.93. The third-order valence-electron chi connectivity index (χ3n) is 3.28. The third-order valence-corrected chi connectivity index (χ3v) is 3.28. The summed E-state index contributed by atoms with van der Waals surface area (Å²) in [6, 6.07) is 11.1. The predicted molar refractivity (Wildman–Crippen MR) is 86.2 cm³/mol. The maximum Gasteiger partial charge on any atom is 0.272 e. The standard InChI is InChI=1S/C17H14N4O2/c1-11(22)13-7-15(18-8-13)17(23)21-14-9-19-16(20-10-14)12-5-3-2-4-6-12/h2-10,18H,1H3,(H,21,23). The molecule has 0 aliphatic rings. The number of amides is 1. The van der Waals surface area contributed by atoms with Crippen molar-refractivity contribution in [2.75, 3.05) is 5.32 Å². The number of Topliss-reactive ketones (excluding diaryl/α,β-unsaturated/α-hetero) is 1. The number of anilines is 1. The van der Waals surface area contributed by atoms with E-state index in [2.05, 4.69) is 20.3 Å². The van der Waals surface area contributed by atoms with Gasteiger partial charge in [-0.25, -0.2) is 9.97 Å². The quantitative estimate of drug-likeness (QED) is 0.725. The van der Waals surface area contributed by atoms with Gasteiger partial charge in [-0.05, 0) is 13.0 Å². The Morgan fingerprint density at radius 2 is 1.78 bits per heavy atom. The second-order valence-corrected chi connectivity index (χ2v) is 4.97. The Hall–Kier alpha value is -3.28. The fourth-order valence-electron chi connectivity index (χ4n) is 2.06. The summed E-state index contributed by atoms with van der Waals surface area (Å²) in [5, 5.41) is 2.68. The molecule has 0 spiro atoms. The van der Waals surface area contributed by atoms with Gasteiger partial charge < -0.3 is 10.3 Å². The second-order valence-electron chi connectivity index (χ2n) is 4.97. The van der Waals surface area contributed by atoms with Crippen LogP contribution in [0.1, 0.15) is 27.8 Å². The summed E-state index contributed by atoms with van der Waals surface area (Å²) in [6.45, 7) is 1.45. The van der Waals surface area contributed by atoms with Gasteiger partial charge in [-0.2, -0.15) is 0 Å². The topological polar surface area (TPSA) is 87.7 Å². The molecule has 6 nitrogen and oxygen atoms in total. The van der Waals surface area contributed by atoms with Crippen LogP contribution in [0.3, 0.4) is 0 Å². The molecule has 0 bridgehead atoms. The summed E-state index contributed by atoms with van der Waals surface area (Å²) in [5.41, 5.74) is 2.16. The Kier molecular flexibility index (Phi) is 3.97. The molecule has 3 rings (SSSR count). The number of benzene rings is 1. The molecule has 1 amide bonds. The third kappa shape index (κ3) is 3.32. The van der Waals surface area contributed by atoms with Crippen molar-refractivity contribution in [3.8, 4) is 11.4 Å². The SMILES string of the molecule is CC(=O)c1c[nH]c(C(=O)Nc2cnc(-c3ccccc3)nc2)c1. The first-order valence-corrected chi connectivity index (χ1v) is 7.01. The number of ketones is 1. The highest BCUT2D eigenvalue weighted by atomic mass is 16.2. The lowest BCUT2D eigenvalue weighted by Gasteiger charge is -2.04. The largest absolute Gasteiger partial charge is 0.356 e. The molecule has 0 aliphatic heterocycles. The molecule has 0 fully saturated rings. The van der Waals surface area contributed by atoms with Crippen LogP contribution in [0, 0.1) is 0 Å². The number of carbonyl (C=O) groups excluding carboxylic acids is 2. The molecule has 0 saturated heterocycles. The molecule has 0 atom stereocenters. The van der Waals surface area contributed by atoms with Crippen LogP contribution in [0.15, 0.2) is 55.0 Å². The molecule has 0 radical (unpaired) electrons. The van der Waals surface area contributed by atoms with Gasteiger partial charge in [-0.1, -0.05) is 30.3 Å². The Morgan fingerprint density at radius 3 is 2.39 bits per heavy atom.